The summed E-state index contributed by atoms with van der Waals surface area (Å²) in [7, 11) is -3.25. The summed E-state index contributed by atoms with van der Waals surface area (Å²) in [4.78, 5) is 12.3. The third kappa shape index (κ3) is 5.72. The zero-order valence-corrected chi connectivity index (χ0v) is 16.7. The summed E-state index contributed by atoms with van der Waals surface area (Å²) in [6, 6.07) is 10.6. The van der Waals surface area contributed by atoms with Crippen LogP contribution in [0.4, 0.5) is 4.39 Å². The first-order valence-corrected chi connectivity index (χ1v) is 11.2. The lowest BCUT2D eigenvalue weighted by molar-refractivity contribution is -0.119. The third-order valence-electron chi connectivity index (χ3n) is 3.73. The van der Waals surface area contributed by atoms with Gasteiger partial charge in [-0.1, -0.05) is 29.8 Å². The van der Waals surface area contributed by atoms with Gasteiger partial charge in [-0.3, -0.25) is 4.79 Å². The van der Waals surface area contributed by atoms with Crippen LogP contribution in [-0.4, -0.2) is 26.3 Å². The predicted octanol–water partition coefficient (Wildman–Crippen LogP) is 3.99. The maximum Gasteiger partial charge on any atom is 0.230 e. The molecule has 8 heteroatoms. The highest BCUT2D eigenvalue weighted by molar-refractivity contribution is 7.99. The fourth-order valence-corrected chi connectivity index (χ4v) is 4.09. The van der Waals surface area contributed by atoms with E-state index in [1.165, 1.54) is 36.0 Å². The molecule has 26 heavy (non-hydrogen) atoms. The molecule has 2 aromatic rings. The van der Waals surface area contributed by atoms with Gasteiger partial charge in [-0.05, 0) is 36.8 Å². The van der Waals surface area contributed by atoms with Crippen LogP contribution in [0.2, 0.25) is 5.02 Å². The van der Waals surface area contributed by atoms with Crippen molar-refractivity contribution in [2.75, 3.05) is 12.0 Å². The third-order valence-corrected chi connectivity index (χ3v) is 6.17. The zero-order chi connectivity index (χ0) is 19.3. The highest BCUT2D eigenvalue weighted by Gasteiger charge is 2.13. The van der Waals surface area contributed by atoms with E-state index in [9.17, 15) is 17.6 Å². The van der Waals surface area contributed by atoms with Crippen LogP contribution in [0.15, 0.2) is 47.4 Å². The van der Waals surface area contributed by atoms with E-state index in [0.29, 0.717) is 16.3 Å². The van der Waals surface area contributed by atoms with Crippen LogP contribution in [0, 0.1) is 5.82 Å². The first kappa shape index (κ1) is 20.7. The second-order valence-corrected chi connectivity index (χ2v) is 9.23. The number of amides is 1. The van der Waals surface area contributed by atoms with Gasteiger partial charge in [-0.15, -0.1) is 11.8 Å². The van der Waals surface area contributed by atoms with Crippen molar-refractivity contribution >= 4 is 39.1 Å². The number of sulfone groups is 1. The van der Waals surface area contributed by atoms with Crippen molar-refractivity contribution in [3.8, 4) is 0 Å². The van der Waals surface area contributed by atoms with E-state index in [4.69, 9.17) is 11.6 Å². The van der Waals surface area contributed by atoms with Crippen LogP contribution >= 0.6 is 23.4 Å². The van der Waals surface area contributed by atoms with Crippen molar-refractivity contribution in [1.82, 2.24) is 5.32 Å². The largest absolute Gasteiger partial charge is 0.349 e. The number of carbonyl (C=O) groups excluding carboxylic acids is 1. The van der Waals surface area contributed by atoms with E-state index >= 15 is 0 Å². The molecule has 0 spiro atoms. The average Bonchev–Trinajstić information content (AvgIpc) is 2.57. The summed E-state index contributed by atoms with van der Waals surface area (Å²) >= 11 is 7.23. The summed E-state index contributed by atoms with van der Waals surface area (Å²) < 4.78 is 36.6. The van der Waals surface area contributed by atoms with Crippen molar-refractivity contribution in [1.29, 1.82) is 0 Å². The topological polar surface area (TPSA) is 63.2 Å². The second kappa shape index (κ2) is 8.88. The van der Waals surface area contributed by atoms with Gasteiger partial charge in [-0.2, -0.15) is 0 Å². The second-order valence-electron chi connectivity index (χ2n) is 5.82. The van der Waals surface area contributed by atoms with Crippen molar-refractivity contribution in [3.05, 3.63) is 64.4 Å². The van der Waals surface area contributed by atoms with E-state index in [-0.39, 0.29) is 28.4 Å². The van der Waals surface area contributed by atoms with Crippen molar-refractivity contribution < 1.29 is 17.6 Å². The Balaban J connectivity index is 1.87. The van der Waals surface area contributed by atoms with Gasteiger partial charge in [0.05, 0.1) is 16.7 Å². The molecule has 4 nitrogen and oxygen atoms in total. The van der Waals surface area contributed by atoms with Gasteiger partial charge in [-0.25, -0.2) is 12.8 Å². The van der Waals surface area contributed by atoms with Crippen LogP contribution in [0.3, 0.4) is 0 Å². The van der Waals surface area contributed by atoms with Gasteiger partial charge in [0.2, 0.25) is 5.91 Å². The summed E-state index contributed by atoms with van der Waals surface area (Å²) in [6.07, 6.45) is 1.15. The molecule has 1 atom stereocenters. The standard InChI is InChI=1S/C18H19ClFNO3S2/c1-12(13-6-8-14(9-7-13)26(2,23)24)21-18(22)11-25-10-15-16(19)4-3-5-17(15)20/h3-9,12H,10-11H2,1-2H3,(H,21,22)/t12-/m1/s1. The van der Waals surface area contributed by atoms with Crippen molar-refractivity contribution in [2.24, 2.45) is 0 Å². The Bertz CT molecular complexity index is 866. The maximum atomic E-state index is 13.7. The van der Waals surface area contributed by atoms with Gasteiger partial charge in [0.15, 0.2) is 9.84 Å². The normalized spacial score (nSPS) is 12.6. The van der Waals surface area contributed by atoms with Gasteiger partial charge in [0.1, 0.15) is 5.82 Å². The van der Waals surface area contributed by atoms with E-state index in [0.717, 1.165) is 11.8 Å². The van der Waals surface area contributed by atoms with Gasteiger partial charge in [0, 0.05) is 22.6 Å². The molecule has 0 fully saturated rings. The Hall–Kier alpha value is -1.57. The molecule has 0 radical (unpaired) electrons. The lowest BCUT2D eigenvalue weighted by Gasteiger charge is -2.15. The minimum absolute atomic E-state index is 0.163. The Kier molecular flexibility index (Phi) is 7.08. The van der Waals surface area contributed by atoms with Gasteiger partial charge >= 0.3 is 0 Å². The molecule has 0 unspecified atom stereocenters. The maximum absolute atomic E-state index is 13.7. The number of benzene rings is 2. The summed E-state index contributed by atoms with van der Waals surface area (Å²) in [5, 5.41) is 3.18. The number of hydrogen-bond donors (Lipinski definition) is 1. The lowest BCUT2D eigenvalue weighted by Crippen LogP contribution is -2.28. The summed E-state index contributed by atoms with van der Waals surface area (Å²) in [5.74, 6) is -0.112. The fourth-order valence-electron chi connectivity index (χ4n) is 2.29. The minimum Gasteiger partial charge on any atom is -0.349 e. The molecule has 0 aromatic heterocycles. The minimum atomic E-state index is -3.25. The van der Waals surface area contributed by atoms with Crippen molar-refractivity contribution in [3.63, 3.8) is 0 Å². The van der Waals surface area contributed by atoms with Crippen LogP contribution in [0.25, 0.3) is 0 Å². The molecule has 2 rings (SSSR count). The Morgan fingerprint density at radius 1 is 1.23 bits per heavy atom. The quantitative estimate of drug-likeness (QED) is 0.742. The number of hydrogen-bond acceptors (Lipinski definition) is 4. The predicted molar refractivity (Wildman–Crippen MR) is 104 cm³/mol. The first-order chi connectivity index (χ1) is 12.2. The Morgan fingerprint density at radius 3 is 2.46 bits per heavy atom. The molecule has 1 N–H and O–H groups in total. The van der Waals surface area contributed by atoms with Crippen molar-refractivity contribution in [2.45, 2.75) is 23.6 Å². The van der Waals surface area contributed by atoms with Crippen LogP contribution < -0.4 is 5.32 Å². The molecule has 0 aliphatic carbocycles. The Labute approximate surface area is 162 Å². The summed E-state index contributed by atoms with van der Waals surface area (Å²) in [6.45, 7) is 1.81. The van der Waals surface area contributed by atoms with E-state index in [2.05, 4.69) is 5.32 Å². The molecule has 0 saturated carbocycles. The zero-order valence-electron chi connectivity index (χ0n) is 14.3. The summed E-state index contributed by atoms with van der Waals surface area (Å²) in [5.41, 5.74) is 1.18. The SMILES string of the molecule is C[C@@H](NC(=O)CSCc1c(F)cccc1Cl)c1ccc(S(C)(=O)=O)cc1. The fraction of sp³-hybridized carbons (Fsp3) is 0.278. The molecule has 1 amide bonds. The molecule has 0 heterocycles. The number of rotatable bonds is 7. The molecule has 0 aliphatic heterocycles. The molecule has 0 bridgehead atoms. The van der Waals surface area contributed by atoms with E-state index < -0.39 is 9.84 Å². The molecule has 2 aromatic carbocycles. The van der Waals surface area contributed by atoms with Gasteiger partial charge < -0.3 is 5.32 Å². The average molecular weight is 416 g/mol. The molecule has 0 saturated heterocycles. The first-order valence-electron chi connectivity index (χ1n) is 7.78. The van der Waals surface area contributed by atoms with Crippen LogP contribution in [-0.2, 0) is 20.4 Å². The van der Waals surface area contributed by atoms with Gasteiger partial charge in [0.25, 0.3) is 0 Å². The molecular weight excluding hydrogens is 397 g/mol. The number of carbonyl (C=O) groups is 1. The molecule has 0 aliphatic rings. The number of halogens is 2. The van der Waals surface area contributed by atoms with Crippen LogP contribution in [0.5, 0.6) is 0 Å². The molecular formula is C18H19ClFNO3S2. The number of nitrogens with one attached hydrogen (secondary N) is 1. The number of thioether (sulfide) groups is 1. The highest BCUT2D eigenvalue weighted by atomic mass is 35.5. The molecule has 140 valence electrons. The highest BCUT2D eigenvalue weighted by Crippen LogP contribution is 2.24. The Morgan fingerprint density at radius 2 is 1.88 bits per heavy atom. The van der Waals surface area contributed by atoms with E-state index in [1.54, 1.807) is 18.2 Å². The monoisotopic (exact) mass is 415 g/mol. The van der Waals surface area contributed by atoms with Crippen LogP contribution in [0.1, 0.15) is 24.1 Å². The lowest BCUT2D eigenvalue weighted by atomic mass is 10.1. The van der Waals surface area contributed by atoms with E-state index in [1.807, 2.05) is 6.92 Å². The smallest absolute Gasteiger partial charge is 0.230 e.